The smallest absolute Gasteiger partial charge is 0.306 e. The zero-order valence-corrected chi connectivity index (χ0v) is 26.4. The fourth-order valence-electron chi connectivity index (χ4n) is 6.00. The Balaban J connectivity index is 1.33. The summed E-state index contributed by atoms with van der Waals surface area (Å²) in [6.07, 6.45) is 4.83. The third-order valence-electron chi connectivity index (χ3n) is 8.35. The van der Waals surface area contributed by atoms with Gasteiger partial charge in [-0.1, -0.05) is 78.7 Å². The maximum absolute atomic E-state index is 13.4. The van der Waals surface area contributed by atoms with Gasteiger partial charge in [0.15, 0.2) is 0 Å². The molecule has 3 aromatic rings. The Morgan fingerprint density at radius 2 is 1.64 bits per heavy atom. The highest BCUT2D eigenvalue weighted by atomic mass is 35.5. The van der Waals surface area contributed by atoms with Gasteiger partial charge in [0, 0.05) is 40.2 Å². The average molecular weight is 610 g/mol. The van der Waals surface area contributed by atoms with Crippen LogP contribution < -0.4 is 5.32 Å². The number of halogens is 2. The second-order valence-electron chi connectivity index (χ2n) is 11.6. The minimum atomic E-state index is -0.238. The third-order valence-corrected chi connectivity index (χ3v) is 8.83. The Morgan fingerprint density at radius 3 is 2.29 bits per heavy atom. The summed E-state index contributed by atoms with van der Waals surface area (Å²) in [5.41, 5.74) is 3.29. The molecule has 0 aromatic heterocycles. The SMILES string of the molecule is CCC(CCCN1CCC(NC(=O)c2cc(Cl)ccc2-c2ccc(Cl)cc2)CC1)(CC(=O)OC(C)C)c1ccccc1. The van der Waals surface area contributed by atoms with E-state index in [4.69, 9.17) is 27.9 Å². The van der Waals surface area contributed by atoms with Crippen LogP contribution in [-0.4, -0.2) is 48.6 Å². The van der Waals surface area contributed by atoms with Crippen LogP contribution in [0.5, 0.6) is 0 Å². The molecule has 7 heteroatoms. The van der Waals surface area contributed by atoms with Crippen LogP contribution in [-0.2, 0) is 14.9 Å². The van der Waals surface area contributed by atoms with Crippen molar-refractivity contribution in [1.82, 2.24) is 10.2 Å². The summed E-state index contributed by atoms with van der Waals surface area (Å²) in [4.78, 5) is 28.6. The average Bonchev–Trinajstić information content (AvgIpc) is 2.98. The second-order valence-corrected chi connectivity index (χ2v) is 12.5. The zero-order chi connectivity index (χ0) is 30.1. The Labute approximate surface area is 260 Å². The van der Waals surface area contributed by atoms with Crippen molar-refractivity contribution in [2.45, 2.75) is 76.9 Å². The number of piperidine rings is 1. The molecule has 1 saturated heterocycles. The molecule has 1 unspecified atom stereocenters. The molecule has 1 N–H and O–H groups in total. The predicted molar refractivity (Wildman–Crippen MR) is 172 cm³/mol. The molecule has 3 aromatic carbocycles. The number of nitrogens with zero attached hydrogens (tertiary/aromatic N) is 1. The Morgan fingerprint density at radius 1 is 0.976 bits per heavy atom. The normalized spacial score (nSPS) is 15.8. The molecule has 224 valence electrons. The van der Waals surface area contributed by atoms with Crippen LogP contribution in [0.3, 0.4) is 0 Å². The van der Waals surface area contributed by atoms with Gasteiger partial charge in [-0.15, -0.1) is 0 Å². The van der Waals surface area contributed by atoms with Gasteiger partial charge in [0.25, 0.3) is 5.91 Å². The minimum Gasteiger partial charge on any atom is -0.463 e. The molecule has 5 nitrogen and oxygen atoms in total. The van der Waals surface area contributed by atoms with Crippen molar-refractivity contribution in [3.63, 3.8) is 0 Å². The first-order valence-electron chi connectivity index (χ1n) is 15.0. The van der Waals surface area contributed by atoms with Gasteiger partial charge in [-0.25, -0.2) is 0 Å². The summed E-state index contributed by atoms with van der Waals surface area (Å²) < 4.78 is 5.55. The van der Waals surface area contributed by atoms with Crippen molar-refractivity contribution in [2.75, 3.05) is 19.6 Å². The lowest BCUT2D eigenvalue weighted by molar-refractivity contribution is -0.149. The highest BCUT2D eigenvalue weighted by Crippen LogP contribution is 2.37. The Kier molecular flexibility index (Phi) is 11.5. The predicted octanol–water partition coefficient (Wildman–Crippen LogP) is 8.32. The van der Waals surface area contributed by atoms with Crippen molar-refractivity contribution < 1.29 is 14.3 Å². The van der Waals surface area contributed by atoms with Gasteiger partial charge in [-0.05, 0) is 93.5 Å². The number of hydrogen-bond acceptors (Lipinski definition) is 4. The van der Waals surface area contributed by atoms with Crippen LogP contribution in [0.1, 0.15) is 75.2 Å². The van der Waals surface area contributed by atoms with Crippen LogP contribution in [0.15, 0.2) is 72.8 Å². The van der Waals surface area contributed by atoms with E-state index in [-0.39, 0.29) is 29.4 Å². The first-order chi connectivity index (χ1) is 20.2. The fraction of sp³-hybridized carbons (Fsp3) is 0.429. The largest absolute Gasteiger partial charge is 0.463 e. The Bertz CT molecular complexity index is 1320. The van der Waals surface area contributed by atoms with Crippen molar-refractivity contribution >= 4 is 35.1 Å². The monoisotopic (exact) mass is 608 g/mol. The van der Waals surface area contributed by atoms with Gasteiger partial charge in [0.1, 0.15) is 0 Å². The third kappa shape index (κ3) is 8.59. The zero-order valence-electron chi connectivity index (χ0n) is 24.9. The van der Waals surface area contributed by atoms with E-state index in [9.17, 15) is 9.59 Å². The van der Waals surface area contributed by atoms with Crippen LogP contribution in [0.25, 0.3) is 11.1 Å². The first-order valence-corrected chi connectivity index (χ1v) is 15.8. The molecule has 0 spiro atoms. The van der Waals surface area contributed by atoms with E-state index in [1.54, 1.807) is 12.1 Å². The highest BCUT2D eigenvalue weighted by molar-refractivity contribution is 6.31. The molecule has 0 aliphatic carbocycles. The number of hydrogen-bond donors (Lipinski definition) is 1. The molecule has 1 heterocycles. The number of nitrogens with one attached hydrogen (secondary N) is 1. The summed E-state index contributed by atoms with van der Waals surface area (Å²) in [7, 11) is 0. The number of likely N-dealkylation sites (tertiary alicyclic amines) is 1. The molecule has 1 fully saturated rings. The molecule has 1 aliphatic heterocycles. The van der Waals surface area contributed by atoms with Gasteiger partial charge in [-0.3, -0.25) is 9.59 Å². The molecular weight excluding hydrogens is 567 g/mol. The standard InChI is InChI=1S/C35H42Cl2N2O3/c1-4-35(24-33(40)42-25(2)3,27-9-6-5-7-10-27)19-8-20-39-21-17-30(18-22-39)38-34(41)32-23-29(37)15-16-31(32)26-11-13-28(36)14-12-26/h5-7,9-16,23,25,30H,4,8,17-22,24H2,1-3H3,(H,38,41). The van der Waals surface area contributed by atoms with Crippen molar-refractivity contribution in [1.29, 1.82) is 0 Å². The van der Waals surface area contributed by atoms with Crippen molar-refractivity contribution in [3.05, 3.63) is 94.0 Å². The summed E-state index contributed by atoms with van der Waals surface area (Å²) in [6.45, 7) is 8.77. The number of amides is 1. The quantitative estimate of drug-likeness (QED) is 0.210. The number of benzene rings is 3. The van der Waals surface area contributed by atoms with Gasteiger partial charge >= 0.3 is 5.97 Å². The Hall–Kier alpha value is -2.86. The number of carbonyl (C=O) groups is 2. The number of ether oxygens (including phenoxy) is 1. The summed E-state index contributed by atoms with van der Waals surface area (Å²) >= 11 is 12.4. The highest BCUT2D eigenvalue weighted by Gasteiger charge is 2.34. The number of carbonyl (C=O) groups excluding carboxylic acids is 2. The van der Waals surface area contributed by atoms with Crippen LogP contribution >= 0.6 is 23.2 Å². The van der Waals surface area contributed by atoms with E-state index < -0.39 is 0 Å². The number of rotatable bonds is 12. The molecule has 4 rings (SSSR count). The first kappa shape index (κ1) is 32.1. The van der Waals surface area contributed by atoms with E-state index in [2.05, 4.69) is 41.4 Å². The lowest BCUT2D eigenvalue weighted by Gasteiger charge is -2.36. The molecule has 0 saturated carbocycles. The lowest BCUT2D eigenvalue weighted by Crippen LogP contribution is -2.45. The number of esters is 1. The second kappa shape index (κ2) is 15.0. The van der Waals surface area contributed by atoms with E-state index in [1.165, 1.54) is 5.56 Å². The minimum absolute atomic E-state index is 0.107. The summed E-state index contributed by atoms with van der Waals surface area (Å²) in [6, 6.07) is 23.4. The molecule has 1 amide bonds. The molecular formula is C35H42Cl2N2O3. The summed E-state index contributed by atoms with van der Waals surface area (Å²) in [5.74, 6) is -0.240. The van der Waals surface area contributed by atoms with E-state index in [0.717, 1.165) is 62.9 Å². The van der Waals surface area contributed by atoms with Crippen LogP contribution in [0.4, 0.5) is 0 Å². The van der Waals surface area contributed by atoms with Crippen LogP contribution in [0, 0.1) is 0 Å². The topological polar surface area (TPSA) is 58.6 Å². The molecule has 1 atom stereocenters. The van der Waals surface area contributed by atoms with Gasteiger partial charge in [0.05, 0.1) is 12.5 Å². The van der Waals surface area contributed by atoms with Crippen LogP contribution in [0.2, 0.25) is 10.0 Å². The fourth-order valence-corrected chi connectivity index (χ4v) is 6.30. The van der Waals surface area contributed by atoms with Gasteiger partial charge in [0.2, 0.25) is 0 Å². The molecule has 0 bridgehead atoms. The maximum Gasteiger partial charge on any atom is 0.306 e. The molecule has 1 aliphatic rings. The van der Waals surface area contributed by atoms with E-state index >= 15 is 0 Å². The van der Waals surface area contributed by atoms with Gasteiger partial charge in [-0.2, -0.15) is 0 Å². The van der Waals surface area contributed by atoms with Crippen molar-refractivity contribution in [2.24, 2.45) is 0 Å². The van der Waals surface area contributed by atoms with Gasteiger partial charge < -0.3 is 15.0 Å². The summed E-state index contributed by atoms with van der Waals surface area (Å²) in [5, 5.41) is 4.43. The van der Waals surface area contributed by atoms with E-state index in [0.29, 0.717) is 22.0 Å². The molecule has 0 radical (unpaired) electrons. The van der Waals surface area contributed by atoms with E-state index in [1.807, 2.05) is 50.2 Å². The lowest BCUT2D eigenvalue weighted by atomic mass is 9.72. The maximum atomic E-state index is 13.4. The molecule has 42 heavy (non-hydrogen) atoms. The van der Waals surface area contributed by atoms with Crippen molar-refractivity contribution in [3.8, 4) is 11.1 Å².